The molecule has 0 spiro atoms. The molecular weight excluding hydrogens is 212 g/mol. The van der Waals surface area contributed by atoms with Gasteiger partial charge in [-0.1, -0.05) is 0 Å². The minimum atomic E-state index is -0.849. The lowest BCUT2D eigenvalue weighted by Gasteiger charge is -2.04. The molecule has 0 aliphatic carbocycles. The topological polar surface area (TPSA) is 57.5 Å². The number of carbonyl (C=O) groups is 1. The Morgan fingerprint density at radius 2 is 2.20 bits per heavy atom. The Morgan fingerprint density at radius 1 is 1.47 bits per heavy atom. The maximum atomic E-state index is 10.9. The lowest BCUT2D eigenvalue weighted by atomic mass is 10.0. The fourth-order valence-electron chi connectivity index (χ4n) is 1.51. The van der Waals surface area contributed by atoms with Crippen molar-refractivity contribution in [3.05, 3.63) is 29.1 Å². The van der Waals surface area contributed by atoms with Crippen LogP contribution in [0.5, 0.6) is 5.75 Å². The van der Waals surface area contributed by atoms with Crippen molar-refractivity contribution >= 4 is 27.4 Å². The van der Waals surface area contributed by atoms with E-state index in [2.05, 4.69) is 0 Å². The molecule has 2 rings (SSSR count). The van der Waals surface area contributed by atoms with E-state index in [9.17, 15) is 9.90 Å². The van der Waals surface area contributed by atoms with Crippen molar-refractivity contribution in [1.82, 2.24) is 0 Å². The highest BCUT2D eigenvalue weighted by molar-refractivity contribution is 7.17. The first-order valence-electron chi connectivity index (χ1n) is 4.52. The van der Waals surface area contributed by atoms with Gasteiger partial charge in [-0.3, -0.25) is 4.79 Å². The van der Waals surface area contributed by atoms with Gasteiger partial charge >= 0.3 is 5.97 Å². The number of aromatic hydroxyl groups is 1. The minimum absolute atomic E-state index is 0.166. The molecule has 1 aromatic heterocycles. The molecule has 0 bridgehead atoms. The lowest BCUT2D eigenvalue weighted by Crippen LogP contribution is -2.06. The van der Waals surface area contributed by atoms with Crippen LogP contribution in [0, 0.1) is 0 Å². The average Bonchev–Trinajstić information content (AvgIpc) is 2.59. The van der Waals surface area contributed by atoms with E-state index < -0.39 is 11.9 Å². The molecule has 0 radical (unpaired) electrons. The molecular formula is C11H10O3S. The standard InChI is InChI=1S/C11H10O3S/c1-6(11(13)14)9-5-15-10-3-2-7(12)4-8(9)10/h2-6,12H,1H3,(H,13,14). The van der Waals surface area contributed by atoms with Crippen LogP contribution >= 0.6 is 11.3 Å². The molecule has 0 aliphatic rings. The highest BCUT2D eigenvalue weighted by Crippen LogP contribution is 2.33. The van der Waals surface area contributed by atoms with Crippen LogP contribution in [0.4, 0.5) is 0 Å². The summed E-state index contributed by atoms with van der Waals surface area (Å²) < 4.78 is 0.996. The van der Waals surface area contributed by atoms with E-state index >= 15 is 0 Å². The number of carboxylic acid groups (broad SMARTS) is 1. The molecule has 3 nitrogen and oxygen atoms in total. The number of rotatable bonds is 2. The first-order chi connectivity index (χ1) is 7.09. The Kier molecular flexibility index (Phi) is 2.36. The molecule has 78 valence electrons. The SMILES string of the molecule is CC(C(=O)O)c1csc2ccc(O)cc12. The monoisotopic (exact) mass is 222 g/mol. The number of thiophene rings is 1. The van der Waals surface area contributed by atoms with Crippen molar-refractivity contribution in [1.29, 1.82) is 0 Å². The van der Waals surface area contributed by atoms with Gasteiger partial charge in [-0.05, 0) is 36.1 Å². The highest BCUT2D eigenvalue weighted by Gasteiger charge is 2.17. The van der Waals surface area contributed by atoms with Crippen LogP contribution in [-0.2, 0) is 4.79 Å². The maximum absolute atomic E-state index is 10.9. The minimum Gasteiger partial charge on any atom is -0.508 e. The van der Waals surface area contributed by atoms with E-state index in [0.717, 1.165) is 15.6 Å². The number of hydrogen-bond donors (Lipinski definition) is 2. The predicted octanol–water partition coefficient (Wildman–Crippen LogP) is 2.80. The first kappa shape index (κ1) is 9.98. The van der Waals surface area contributed by atoms with Gasteiger partial charge in [-0.15, -0.1) is 11.3 Å². The largest absolute Gasteiger partial charge is 0.508 e. The lowest BCUT2D eigenvalue weighted by molar-refractivity contribution is -0.138. The van der Waals surface area contributed by atoms with Gasteiger partial charge in [0.25, 0.3) is 0 Å². The smallest absolute Gasteiger partial charge is 0.310 e. The fraction of sp³-hybridized carbons (Fsp3) is 0.182. The Morgan fingerprint density at radius 3 is 2.87 bits per heavy atom. The van der Waals surface area contributed by atoms with Crippen LogP contribution in [0.15, 0.2) is 23.6 Å². The van der Waals surface area contributed by atoms with Gasteiger partial charge in [0.1, 0.15) is 5.75 Å². The normalized spacial score (nSPS) is 12.9. The van der Waals surface area contributed by atoms with Crippen molar-refractivity contribution in [2.45, 2.75) is 12.8 Å². The van der Waals surface area contributed by atoms with Gasteiger partial charge < -0.3 is 10.2 Å². The second kappa shape index (κ2) is 3.55. The van der Waals surface area contributed by atoms with Gasteiger partial charge in [0, 0.05) is 10.1 Å². The number of benzene rings is 1. The fourth-order valence-corrected chi connectivity index (χ4v) is 2.54. The average molecular weight is 222 g/mol. The highest BCUT2D eigenvalue weighted by atomic mass is 32.1. The zero-order valence-electron chi connectivity index (χ0n) is 8.10. The maximum Gasteiger partial charge on any atom is 0.310 e. The van der Waals surface area contributed by atoms with Gasteiger partial charge in [0.15, 0.2) is 0 Å². The molecule has 4 heteroatoms. The first-order valence-corrected chi connectivity index (χ1v) is 5.40. The number of fused-ring (bicyclic) bond motifs is 1. The van der Waals surface area contributed by atoms with Crippen LogP contribution in [0.3, 0.4) is 0 Å². The number of phenols is 1. The molecule has 2 aromatic rings. The van der Waals surface area contributed by atoms with Gasteiger partial charge in [-0.2, -0.15) is 0 Å². The number of phenolic OH excluding ortho intramolecular Hbond substituents is 1. The molecule has 0 amide bonds. The Labute approximate surface area is 90.6 Å². The summed E-state index contributed by atoms with van der Waals surface area (Å²) in [5.41, 5.74) is 0.762. The van der Waals surface area contributed by atoms with E-state index in [0.29, 0.717) is 0 Å². The molecule has 1 heterocycles. The Bertz CT molecular complexity index is 516. The Hall–Kier alpha value is -1.55. The summed E-state index contributed by atoms with van der Waals surface area (Å²) in [6, 6.07) is 5.02. The summed E-state index contributed by atoms with van der Waals surface area (Å²) in [4.78, 5) is 10.9. The molecule has 1 atom stereocenters. The third-order valence-corrected chi connectivity index (χ3v) is 3.41. The zero-order chi connectivity index (χ0) is 11.0. The van der Waals surface area contributed by atoms with E-state index in [1.54, 1.807) is 25.1 Å². The molecule has 15 heavy (non-hydrogen) atoms. The van der Waals surface area contributed by atoms with Crippen molar-refractivity contribution in [2.24, 2.45) is 0 Å². The summed E-state index contributed by atoms with van der Waals surface area (Å²) in [6.45, 7) is 1.65. The van der Waals surface area contributed by atoms with Crippen molar-refractivity contribution < 1.29 is 15.0 Å². The second-order valence-corrected chi connectivity index (χ2v) is 4.34. The molecule has 0 aliphatic heterocycles. The summed E-state index contributed by atoms with van der Waals surface area (Å²) in [5.74, 6) is -1.22. The molecule has 1 aromatic carbocycles. The van der Waals surface area contributed by atoms with Gasteiger partial charge in [0.2, 0.25) is 0 Å². The molecule has 0 saturated heterocycles. The molecule has 0 fully saturated rings. The molecule has 0 saturated carbocycles. The van der Waals surface area contributed by atoms with Crippen LogP contribution < -0.4 is 0 Å². The van der Waals surface area contributed by atoms with Gasteiger partial charge in [-0.25, -0.2) is 0 Å². The number of hydrogen-bond acceptors (Lipinski definition) is 3. The predicted molar refractivity (Wildman–Crippen MR) is 59.5 cm³/mol. The zero-order valence-corrected chi connectivity index (χ0v) is 8.91. The summed E-state index contributed by atoms with van der Waals surface area (Å²) in [6.07, 6.45) is 0. The molecule has 1 unspecified atom stereocenters. The van der Waals surface area contributed by atoms with Crippen LogP contribution in [0.25, 0.3) is 10.1 Å². The summed E-state index contributed by atoms with van der Waals surface area (Å²) >= 11 is 1.49. The third-order valence-electron chi connectivity index (χ3n) is 2.42. The Balaban J connectivity index is 2.61. The van der Waals surface area contributed by atoms with Crippen molar-refractivity contribution in [2.75, 3.05) is 0 Å². The van der Waals surface area contributed by atoms with Crippen LogP contribution in [0.1, 0.15) is 18.4 Å². The quantitative estimate of drug-likeness (QED) is 0.821. The van der Waals surface area contributed by atoms with Crippen molar-refractivity contribution in [3.8, 4) is 5.75 Å². The van der Waals surface area contributed by atoms with E-state index in [1.807, 2.05) is 5.38 Å². The number of aliphatic carboxylic acids is 1. The van der Waals surface area contributed by atoms with Gasteiger partial charge in [0.05, 0.1) is 5.92 Å². The van der Waals surface area contributed by atoms with Crippen LogP contribution in [-0.4, -0.2) is 16.2 Å². The number of carboxylic acids is 1. The van der Waals surface area contributed by atoms with Crippen LogP contribution in [0.2, 0.25) is 0 Å². The van der Waals surface area contributed by atoms with E-state index in [1.165, 1.54) is 11.3 Å². The molecule has 2 N–H and O–H groups in total. The van der Waals surface area contributed by atoms with Crippen molar-refractivity contribution in [3.63, 3.8) is 0 Å². The van der Waals surface area contributed by atoms with E-state index in [-0.39, 0.29) is 5.75 Å². The summed E-state index contributed by atoms with van der Waals surface area (Å²) in [7, 11) is 0. The van der Waals surface area contributed by atoms with E-state index in [4.69, 9.17) is 5.11 Å². The second-order valence-electron chi connectivity index (χ2n) is 3.43. The summed E-state index contributed by atoms with van der Waals surface area (Å²) in [5, 5.41) is 20.9. The third kappa shape index (κ3) is 1.68.